The van der Waals surface area contributed by atoms with Crippen molar-refractivity contribution in [3.8, 4) is 11.3 Å². The van der Waals surface area contributed by atoms with Crippen LogP contribution in [0.3, 0.4) is 0 Å². The zero-order valence-corrected chi connectivity index (χ0v) is 14.0. The number of hydrogen-bond donors (Lipinski definition) is 2. The van der Waals surface area contributed by atoms with Crippen molar-refractivity contribution in [3.63, 3.8) is 0 Å². The quantitative estimate of drug-likeness (QED) is 0.762. The molecule has 3 aromatic rings. The molecular formula is C17H19N3O4. The van der Waals surface area contributed by atoms with Crippen molar-refractivity contribution in [1.82, 2.24) is 15.5 Å². The summed E-state index contributed by atoms with van der Waals surface area (Å²) in [6.45, 7) is 7.03. The van der Waals surface area contributed by atoms with Crippen LogP contribution in [0.15, 0.2) is 21.1 Å². The van der Waals surface area contributed by atoms with Crippen LogP contribution in [0.4, 0.5) is 0 Å². The summed E-state index contributed by atoms with van der Waals surface area (Å²) < 4.78 is 10.8. The molecule has 1 atom stereocenters. The molecule has 3 rings (SSSR count). The first kappa shape index (κ1) is 16.2. The summed E-state index contributed by atoms with van der Waals surface area (Å²) in [5.74, 6) is 1.16. The lowest BCUT2D eigenvalue weighted by Gasteiger charge is -2.12. The topological polar surface area (TPSA) is 101 Å². The van der Waals surface area contributed by atoms with Gasteiger partial charge in [0.1, 0.15) is 11.5 Å². The summed E-state index contributed by atoms with van der Waals surface area (Å²) in [7, 11) is 0. The normalized spacial score (nSPS) is 12.5. The van der Waals surface area contributed by atoms with Gasteiger partial charge >= 0.3 is 0 Å². The Morgan fingerprint density at radius 2 is 2.08 bits per heavy atom. The lowest BCUT2D eigenvalue weighted by Crippen LogP contribution is -2.35. The highest BCUT2D eigenvalue weighted by molar-refractivity contribution is 6.07. The van der Waals surface area contributed by atoms with Crippen LogP contribution >= 0.6 is 0 Å². The molecule has 0 fully saturated rings. The van der Waals surface area contributed by atoms with E-state index in [4.69, 9.17) is 14.0 Å². The number of aromatic nitrogens is 2. The minimum Gasteiger partial charge on any atom is -0.466 e. The van der Waals surface area contributed by atoms with Gasteiger partial charge in [-0.25, -0.2) is 4.98 Å². The van der Waals surface area contributed by atoms with Gasteiger partial charge in [0.05, 0.1) is 28.9 Å². The van der Waals surface area contributed by atoms with E-state index in [9.17, 15) is 4.79 Å². The second-order valence-electron chi connectivity index (χ2n) is 5.89. The van der Waals surface area contributed by atoms with Crippen molar-refractivity contribution in [3.05, 3.63) is 34.9 Å². The molecule has 0 unspecified atom stereocenters. The Kier molecular flexibility index (Phi) is 4.11. The third-order valence-electron chi connectivity index (χ3n) is 3.83. The van der Waals surface area contributed by atoms with E-state index in [2.05, 4.69) is 15.5 Å². The van der Waals surface area contributed by atoms with Crippen molar-refractivity contribution in [2.45, 2.75) is 33.7 Å². The van der Waals surface area contributed by atoms with Crippen LogP contribution < -0.4 is 5.32 Å². The standard InChI is InChI=1S/C17H19N3O4/c1-8(7-21)18-16(22)13-6-14(12-5-9(2)23-11(12)4)19-17-15(13)10(3)20-24-17/h5-6,8,21H,7H2,1-4H3,(H,18,22)/t8-/m0/s1. The smallest absolute Gasteiger partial charge is 0.259 e. The van der Waals surface area contributed by atoms with E-state index < -0.39 is 0 Å². The van der Waals surface area contributed by atoms with Gasteiger partial charge in [-0.1, -0.05) is 5.16 Å². The van der Waals surface area contributed by atoms with Gasteiger partial charge in [-0.15, -0.1) is 0 Å². The second-order valence-corrected chi connectivity index (χ2v) is 5.89. The number of aryl methyl sites for hydroxylation is 3. The molecule has 0 radical (unpaired) electrons. The maximum atomic E-state index is 12.6. The van der Waals surface area contributed by atoms with E-state index in [1.54, 1.807) is 19.9 Å². The van der Waals surface area contributed by atoms with E-state index in [1.807, 2.05) is 19.9 Å². The fourth-order valence-corrected chi connectivity index (χ4v) is 2.64. The first-order valence-corrected chi connectivity index (χ1v) is 7.67. The van der Waals surface area contributed by atoms with Crippen molar-refractivity contribution < 1.29 is 18.8 Å². The van der Waals surface area contributed by atoms with Crippen LogP contribution in [0.5, 0.6) is 0 Å². The molecular weight excluding hydrogens is 310 g/mol. The Morgan fingerprint density at radius 3 is 2.71 bits per heavy atom. The molecule has 7 nitrogen and oxygen atoms in total. The molecule has 0 aromatic carbocycles. The second kappa shape index (κ2) is 6.09. The van der Waals surface area contributed by atoms with Crippen molar-refractivity contribution in [2.24, 2.45) is 0 Å². The minimum absolute atomic E-state index is 0.143. The Bertz CT molecular complexity index is 910. The van der Waals surface area contributed by atoms with Gasteiger partial charge in [0.25, 0.3) is 11.6 Å². The minimum atomic E-state index is -0.359. The molecule has 3 heterocycles. The number of nitrogens with one attached hydrogen (secondary N) is 1. The average Bonchev–Trinajstić information content (AvgIpc) is 3.08. The Balaban J connectivity index is 2.17. The number of pyridine rings is 1. The number of furan rings is 1. The number of rotatable bonds is 4. The molecule has 3 aromatic heterocycles. The Hall–Kier alpha value is -2.67. The van der Waals surface area contributed by atoms with Crippen LogP contribution in [-0.2, 0) is 0 Å². The molecule has 7 heteroatoms. The highest BCUT2D eigenvalue weighted by Gasteiger charge is 2.21. The number of carbonyl (C=O) groups is 1. The summed E-state index contributed by atoms with van der Waals surface area (Å²) in [6.07, 6.45) is 0. The summed E-state index contributed by atoms with van der Waals surface area (Å²) in [5.41, 5.74) is 2.67. The summed E-state index contributed by atoms with van der Waals surface area (Å²) in [5, 5.41) is 16.4. The number of amides is 1. The van der Waals surface area contributed by atoms with E-state index in [1.165, 1.54) is 0 Å². The number of aliphatic hydroxyl groups is 1. The van der Waals surface area contributed by atoms with Crippen molar-refractivity contribution in [1.29, 1.82) is 0 Å². The highest BCUT2D eigenvalue weighted by atomic mass is 16.5. The van der Waals surface area contributed by atoms with Crippen molar-refractivity contribution in [2.75, 3.05) is 6.61 Å². The molecule has 2 N–H and O–H groups in total. The van der Waals surface area contributed by atoms with E-state index in [0.717, 1.165) is 11.3 Å². The van der Waals surface area contributed by atoms with Crippen molar-refractivity contribution >= 4 is 17.0 Å². The fourth-order valence-electron chi connectivity index (χ4n) is 2.64. The lowest BCUT2D eigenvalue weighted by molar-refractivity contribution is 0.0924. The fraction of sp³-hybridized carbons (Fsp3) is 0.353. The molecule has 0 saturated carbocycles. The molecule has 0 saturated heterocycles. The van der Waals surface area contributed by atoms with Crippen LogP contribution in [0.2, 0.25) is 0 Å². The van der Waals surface area contributed by atoms with Gasteiger partial charge in [0.15, 0.2) is 0 Å². The Morgan fingerprint density at radius 1 is 1.33 bits per heavy atom. The van der Waals surface area contributed by atoms with Gasteiger partial charge in [0.2, 0.25) is 0 Å². The zero-order valence-electron chi connectivity index (χ0n) is 14.0. The first-order chi connectivity index (χ1) is 11.4. The lowest BCUT2D eigenvalue weighted by atomic mass is 10.1. The van der Waals surface area contributed by atoms with Gasteiger partial charge in [-0.05, 0) is 39.8 Å². The SMILES string of the molecule is Cc1cc(-c2cc(C(=O)N[C@@H](C)CO)c3c(C)noc3n2)c(C)o1. The summed E-state index contributed by atoms with van der Waals surface area (Å²) >= 11 is 0. The Labute approximate surface area is 138 Å². The first-order valence-electron chi connectivity index (χ1n) is 7.67. The number of carbonyl (C=O) groups excluding carboxylic acids is 1. The molecule has 126 valence electrons. The molecule has 0 aliphatic rings. The van der Waals surface area contributed by atoms with Gasteiger partial charge < -0.3 is 19.4 Å². The molecule has 24 heavy (non-hydrogen) atoms. The summed E-state index contributed by atoms with van der Waals surface area (Å²) in [6, 6.07) is 3.20. The predicted octanol–water partition coefficient (Wildman–Crippen LogP) is 2.52. The van der Waals surface area contributed by atoms with Crippen LogP contribution in [0, 0.1) is 20.8 Å². The number of hydrogen-bond acceptors (Lipinski definition) is 6. The van der Waals surface area contributed by atoms with Crippen LogP contribution in [0.1, 0.15) is 34.5 Å². The van der Waals surface area contributed by atoms with E-state index >= 15 is 0 Å². The third kappa shape index (κ3) is 2.78. The highest BCUT2D eigenvalue weighted by Crippen LogP contribution is 2.30. The van der Waals surface area contributed by atoms with E-state index in [-0.39, 0.29) is 18.6 Å². The third-order valence-corrected chi connectivity index (χ3v) is 3.83. The average molecular weight is 329 g/mol. The maximum Gasteiger partial charge on any atom is 0.259 e. The largest absolute Gasteiger partial charge is 0.466 e. The molecule has 0 aliphatic carbocycles. The van der Waals surface area contributed by atoms with Crippen LogP contribution in [0.25, 0.3) is 22.4 Å². The molecule has 0 spiro atoms. The number of nitrogens with zero attached hydrogens (tertiary/aromatic N) is 2. The summed E-state index contributed by atoms with van der Waals surface area (Å²) in [4.78, 5) is 17.1. The van der Waals surface area contributed by atoms with E-state index in [0.29, 0.717) is 33.8 Å². The molecule has 0 bridgehead atoms. The van der Waals surface area contributed by atoms with Crippen LogP contribution in [-0.4, -0.2) is 33.8 Å². The van der Waals surface area contributed by atoms with Gasteiger partial charge in [0, 0.05) is 11.6 Å². The zero-order chi connectivity index (χ0) is 17.4. The molecule has 0 aliphatic heterocycles. The predicted molar refractivity (Wildman–Crippen MR) is 87.7 cm³/mol. The number of aliphatic hydroxyl groups excluding tert-OH is 1. The van der Waals surface area contributed by atoms with Gasteiger partial charge in [-0.3, -0.25) is 4.79 Å². The number of fused-ring (bicyclic) bond motifs is 1. The monoisotopic (exact) mass is 329 g/mol. The molecule has 1 amide bonds. The van der Waals surface area contributed by atoms with Gasteiger partial charge in [-0.2, -0.15) is 0 Å². The maximum absolute atomic E-state index is 12.6.